The zero-order valence-corrected chi connectivity index (χ0v) is 12.1. The van der Waals surface area contributed by atoms with Gasteiger partial charge in [-0.25, -0.2) is 0 Å². The van der Waals surface area contributed by atoms with Crippen LogP contribution in [0.3, 0.4) is 0 Å². The summed E-state index contributed by atoms with van der Waals surface area (Å²) in [6.07, 6.45) is 4.70. The fourth-order valence-electron chi connectivity index (χ4n) is 2.33. The van der Waals surface area contributed by atoms with Crippen molar-refractivity contribution in [3.8, 4) is 0 Å². The van der Waals surface area contributed by atoms with Gasteiger partial charge in [0.25, 0.3) is 0 Å². The van der Waals surface area contributed by atoms with Crippen molar-refractivity contribution < 1.29 is 0 Å². The predicted molar refractivity (Wildman–Crippen MR) is 78.8 cm³/mol. The lowest BCUT2D eigenvalue weighted by molar-refractivity contribution is 0.682. The first-order chi connectivity index (χ1) is 9.22. The van der Waals surface area contributed by atoms with E-state index in [1.807, 2.05) is 7.05 Å². The Balaban J connectivity index is 2.15. The van der Waals surface area contributed by atoms with Gasteiger partial charge in [-0.3, -0.25) is 0 Å². The number of nitrogens with one attached hydrogen (secondary N) is 2. The van der Waals surface area contributed by atoms with Crippen LogP contribution in [0.15, 0.2) is 0 Å². The number of hydrogen-bond acceptors (Lipinski definition) is 6. The molecular formula is C13H24N6. The lowest BCUT2D eigenvalue weighted by Crippen LogP contribution is -2.23. The Morgan fingerprint density at radius 2 is 1.84 bits per heavy atom. The van der Waals surface area contributed by atoms with E-state index in [4.69, 9.17) is 0 Å². The number of aromatic nitrogens is 3. The summed E-state index contributed by atoms with van der Waals surface area (Å²) in [5.41, 5.74) is 0. The number of rotatable bonds is 6. The summed E-state index contributed by atoms with van der Waals surface area (Å²) in [4.78, 5) is 15.6. The monoisotopic (exact) mass is 264 g/mol. The van der Waals surface area contributed by atoms with Crippen molar-refractivity contribution in [2.45, 2.75) is 45.6 Å². The number of hydrogen-bond donors (Lipinski definition) is 2. The first-order valence-corrected chi connectivity index (χ1v) is 7.18. The van der Waals surface area contributed by atoms with Crippen molar-refractivity contribution in [1.82, 2.24) is 15.0 Å². The van der Waals surface area contributed by atoms with Crippen LogP contribution in [-0.2, 0) is 0 Å². The fourth-order valence-corrected chi connectivity index (χ4v) is 2.33. The molecule has 1 aliphatic rings. The molecule has 1 aromatic heterocycles. The summed E-state index contributed by atoms with van der Waals surface area (Å²) in [6.45, 7) is 6.41. The molecule has 2 rings (SSSR count). The molecule has 1 fully saturated rings. The zero-order valence-electron chi connectivity index (χ0n) is 12.1. The van der Waals surface area contributed by atoms with Gasteiger partial charge < -0.3 is 15.5 Å². The van der Waals surface area contributed by atoms with Gasteiger partial charge in [0, 0.05) is 26.2 Å². The highest BCUT2D eigenvalue weighted by atomic mass is 15.3. The molecule has 1 aromatic rings. The molecule has 19 heavy (non-hydrogen) atoms. The second-order valence-electron chi connectivity index (χ2n) is 5.06. The van der Waals surface area contributed by atoms with Gasteiger partial charge in [-0.1, -0.05) is 13.3 Å². The van der Waals surface area contributed by atoms with Gasteiger partial charge >= 0.3 is 0 Å². The molecule has 1 atom stereocenters. The van der Waals surface area contributed by atoms with Crippen molar-refractivity contribution in [2.75, 3.05) is 35.7 Å². The molecule has 1 aliphatic heterocycles. The van der Waals surface area contributed by atoms with E-state index in [2.05, 4.69) is 44.3 Å². The average molecular weight is 264 g/mol. The zero-order chi connectivity index (χ0) is 13.7. The van der Waals surface area contributed by atoms with E-state index in [0.29, 0.717) is 17.9 Å². The second-order valence-corrected chi connectivity index (χ2v) is 5.06. The third kappa shape index (κ3) is 3.68. The summed E-state index contributed by atoms with van der Waals surface area (Å²) in [6, 6.07) is 0.378. The van der Waals surface area contributed by atoms with Crippen LogP contribution in [-0.4, -0.2) is 41.1 Å². The minimum atomic E-state index is 0.378. The quantitative estimate of drug-likeness (QED) is 0.820. The van der Waals surface area contributed by atoms with Crippen LogP contribution in [0.5, 0.6) is 0 Å². The molecule has 0 amide bonds. The predicted octanol–water partition coefficient (Wildman–Crippen LogP) is 2.11. The molecule has 2 N–H and O–H groups in total. The van der Waals surface area contributed by atoms with E-state index in [-0.39, 0.29) is 0 Å². The minimum Gasteiger partial charge on any atom is -0.357 e. The number of anilines is 3. The molecule has 0 bridgehead atoms. The third-order valence-electron chi connectivity index (χ3n) is 3.33. The van der Waals surface area contributed by atoms with Gasteiger partial charge in [0.05, 0.1) is 0 Å². The molecule has 1 saturated heterocycles. The Labute approximate surface area is 115 Å². The van der Waals surface area contributed by atoms with E-state index >= 15 is 0 Å². The van der Waals surface area contributed by atoms with Crippen molar-refractivity contribution in [3.63, 3.8) is 0 Å². The summed E-state index contributed by atoms with van der Waals surface area (Å²) in [7, 11) is 1.84. The first-order valence-electron chi connectivity index (χ1n) is 7.18. The molecule has 0 saturated carbocycles. The first kappa shape index (κ1) is 13.8. The normalized spacial score (nSPS) is 16.5. The highest BCUT2D eigenvalue weighted by molar-refractivity contribution is 5.44. The molecule has 0 radical (unpaired) electrons. The van der Waals surface area contributed by atoms with Crippen molar-refractivity contribution >= 4 is 17.8 Å². The second kappa shape index (κ2) is 6.54. The van der Waals surface area contributed by atoms with Gasteiger partial charge in [0.2, 0.25) is 17.8 Å². The topological polar surface area (TPSA) is 66.0 Å². The lowest BCUT2D eigenvalue weighted by Gasteiger charge is -2.18. The maximum Gasteiger partial charge on any atom is 0.231 e. The Morgan fingerprint density at radius 1 is 1.16 bits per heavy atom. The molecule has 0 aliphatic carbocycles. The van der Waals surface area contributed by atoms with Gasteiger partial charge in [-0.2, -0.15) is 15.0 Å². The van der Waals surface area contributed by atoms with Gasteiger partial charge in [-0.05, 0) is 26.2 Å². The van der Waals surface area contributed by atoms with Crippen LogP contribution in [0.25, 0.3) is 0 Å². The summed E-state index contributed by atoms with van der Waals surface area (Å²) in [5.74, 6) is 2.08. The molecule has 0 spiro atoms. The van der Waals surface area contributed by atoms with Crippen LogP contribution in [0.1, 0.15) is 39.5 Å². The van der Waals surface area contributed by atoms with E-state index in [1.165, 1.54) is 12.8 Å². The highest BCUT2D eigenvalue weighted by Crippen LogP contribution is 2.19. The van der Waals surface area contributed by atoms with Crippen molar-refractivity contribution in [1.29, 1.82) is 0 Å². The summed E-state index contributed by atoms with van der Waals surface area (Å²) in [5, 5.41) is 6.36. The van der Waals surface area contributed by atoms with Gasteiger partial charge in [0.15, 0.2) is 0 Å². The molecular weight excluding hydrogens is 240 g/mol. The smallest absolute Gasteiger partial charge is 0.231 e. The largest absolute Gasteiger partial charge is 0.357 e. The molecule has 106 valence electrons. The van der Waals surface area contributed by atoms with Crippen LogP contribution in [0.2, 0.25) is 0 Å². The van der Waals surface area contributed by atoms with Crippen LogP contribution in [0, 0.1) is 0 Å². The Morgan fingerprint density at radius 3 is 2.47 bits per heavy atom. The fraction of sp³-hybridized carbons (Fsp3) is 0.769. The van der Waals surface area contributed by atoms with Crippen molar-refractivity contribution in [3.05, 3.63) is 0 Å². The lowest BCUT2D eigenvalue weighted by atomic mass is 10.2. The Bertz CT molecular complexity index is 402. The maximum atomic E-state index is 4.54. The SMILES string of the molecule is CCCC(C)Nc1nc(NC)nc(N2CCCC2)n1. The third-order valence-corrected chi connectivity index (χ3v) is 3.33. The van der Waals surface area contributed by atoms with Crippen LogP contribution in [0.4, 0.5) is 17.8 Å². The van der Waals surface area contributed by atoms with Crippen molar-refractivity contribution in [2.24, 2.45) is 0 Å². The summed E-state index contributed by atoms with van der Waals surface area (Å²) >= 11 is 0. The van der Waals surface area contributed by atoms with Crippen LogP contribution < -0.4 is 15.5 Å². The minimum absolute atomic E-state index is 0.378. The number of nitrogens with zero attached hydrogens (tertiary/aromatic N) is 4. The Hall–Kier alpha value is -1.59. The molecule has 1 unspecified atom stereocenters. The van der Waals surface area contributed by atoms with Crippen LogP contribution >= 0.6 is 0 Å². The van der Waals surface area contributed by atoms with Gasteiger partial charge in [-0.15, -0.1) is 0 Å². The average Bonchev–Trinajstić information content (AvgIpc) is 2.92. The molecule has 2 heterocycles. The van der Waals surface area contributed by atoms with E-state index < -0.39 is 0 Å². The van der Waals surface area contributed by atoms with E-state index in [1.54, 1.807) is 0 Å². The van der Waals surface area contributed by atoms with E-state index in [0.717, 1.165) is 31.9 Å². The molecule has 6 nitrogen and oxygen atoms in total. The standard InChI is InChI=1S/C13H24N6/c1-4-7-10(2)15-12-16-11(14-3)17-13(18-12)19-8-5-6-9-19/h10H,4-9H2,1-3H3,(H2,14,15,16,17,18). The highest BCUT2D eigenvalue weighted by Gasteiger charge is 2.17. The molecule has 0 aromatic carbocycles. The van der Waals surface area contributed by atoms with Gasteiger partial charge in [0.1, 0.15) is 0 Å². The Kier molecular flexibility index (Phi) is 4.76. The van der Waals surface area contributed by atoms with E-state index in [9.17, 15) is 0 Å². The molecule has 6 heteroatoms. The summed E-state index contributed by atoms with van der Waals surface area (Å²) < 4.78 is 0. The maximum absolute atomic E-state index is 4.54.